The van der Waals surface area contributed by atoms with Crippen LogP contribution in [0.4, 0.5) is 0 Å². The van der Waals surface area contributed by atoms with E-state index in [0.717, 1.165) is 12.1 Å². The summed E-state index contributed by atoms with van der Waals surface area (Å²) in [6.45, 7) is 0. The second-order valence-electron chi connectivity index (χ2n) is 3.65. The van der Waals surface area contributed by atoms with Gasteiger partial charge in [-0.1, -0.05) is 0 Å². The van der Waals surface area contributed by atoms with Gasteiger partial charge in [0.15, 0.2) is 11.5 Å². The lowest BCUT2D eigenvalue weighted by Gasteiger charge is -2.13. The van der Waals surface area contributed by atoms with Gasteiger partial charge in [-0.25, -0.2) is 0 Å². The molecule has 0 unspecified atom stereocenters. The van der Waals surface area contributed by atoms with Gasteiger partial charge in [0.2, 0.25) is 11.6 Å². The minimum Gasteiger partial charge on any atom is -0.508 e. The Balaban J connectivity index is 2.69. The van der Waals surface area contributed by atoms with Crippen LogP contribution in [0, 0.1) is 0 Å². The number of aliphatic hydroxyl groups excluding tert-OH is 2. The molecule has 0 amide bonds. The molecule has 0 aromatic heterocycles. The van der Waals surface area contributed by atoms with Crippen molar-refractivity contribution >= 4 is 17.1 Å². The van der Waals surface area contributed by atoms with E-state index < -0.39 is 34.4 Å². The van der Waals surface area contributed by atoms with E-state index in [-0.39, 0.29) is 11.3 Å². The molecule has 1 aliphatic rings. The first-order chi connectivity index (χ1) is 8.41. The smallest absolute Gasteiger partial charge is 0.232 e. The number of aromatic hydroxyl groups is 2. The standard InChI is InChI=1S/C12H8O6/c13-5-1-2-7(14)6(3-5)10-11(17)8(15)4-9(16)12(10)18/h1-4,13-15,18H. The number of carbonyl (C=O) groups is 2. The van der Waals surface area contributed by atoms with Crippen LogP contribution in [-0.4, -0.2) is 32.0 Å². The Bertz CT molecular complexity index is 623. The third kappa shape index (κ3) is 1.69. The predicted octanol–water partition coefficient (Wildman–Crippen LogP) is 0.961. The zero-order chi connectivity index (χ0) is 13.4. The molecule has 4 N–H and O–H groups in total. The molecule has 2 rings (SSSR count). The van der Waals surface area contributed by atoms with E-state index in [9.17, 15) is 30.0 Å². The molecule has 0 radical (unpaired) electrons. The number of rotatable bonds is 1. The number of hydrogen-bond donors (Lipinski definition) is 4. The number of ketones is 2. The molecule has 0 saturated carbocycles. The molecule has 1 aliphatic carbocycles. The highest BCUT2D eigenvalue weighted by Gasteiger charge is 2.31. The van der Waals surface area contributed by atoms with Gasteiger partial charge in [-0.3, -0.25) is 9.59 Å². The van der Waals surface area contributed by atoms with E-state index in [1.807, 2.05) is 0 Å². The summed E-state index contributed by atoms with van der Waals surface area (Å²) in [4.78, 5) is 23.0. The topological polar surface area (TPSA) is 115 Å². The van der Waals surface area contributed by atoms with Crippen molar-refractivity contribution in [3.63, 3.8) is 0 Å². The Kier molecular flexibility index (Phi) is 2.55. The quantitative estimate of drug-likeness (QED) is 0.434. The SMILES string of the molecule is O=C1C=C(O)C(=O)C(c2cc(O)ccc2O)=C1O. The van der Waals surface area contributed by atoms with Crippen molar-refractivity contribution in [2.24, 2.45) is 0 Å². The molecule has 0 spiro atoms. The number of phenolic OH excluding ortho intramolecular Hbond substituents is 2. The van der Waals surface area contributed by atoms with E-state index in [4.69, 9.17) is 0 Å². The van der Waals surface area contributed by atoms with Gasteiger partial charge in [0.25, 0.3) is 0 Å². The molecule has 0 fully saturated rings. The van der Waals surface area contributed by atoms with Crippen molar-refractivity contribution in [3.05, 3.63) is 41.4 Å². The summed E-state index contributed by atoms with van der Waals surface area (Å²) in [7, 11) is 0. The summed E-state index contributed by atoms with van der Waals surface area (Å²) in [5, 5.41) is 37.7. The molecule has 92 valence electrons. The number of benzene rings is 1. The normalized spacial score (nSPS) is 15.9. The molecule has 18 heavy (non-hydrogen) atoms. The van der Waals surface area contributed by atoms with Crippen LogP contribution in [0.2, 0.25) is 0 Å². The van der Waals surface area contributed by atoms with Crippen LogP contribution >= 0.6 is 0 Å². The van der Waals surface area contributed by atoms with E-state index in [2.05, 4.69) is 0 Å². The van der Waals surface area contributed by atoms with E-state index >= 15 is 0 Å². The monoisotopic (exact) mass is 248 g/mol. The van der Waals surface area contributed by atoms with Gasteiger partial charge in [0.1, 0.15) is 11.5 Å². The molecular formula is C12H8O6. The number of hydrogen-bond acceptors (Lipinski definition) is 6. The second-order valence-corrected chi connectivity index (χ2v) is 3.65. The number of aliphatic hydroxyl groups is 2. The predicted molar refractivity (Wildman–Crippen MR) is 60.0 cm³/mol. The van der Waals surface area contributed by atoms with Crippen LogP contribution in [0.1, 0.15) is 5.56 Å². The van der Waals surface area contributed by atoms with Crippen LogP contribution in [0.3, 0.4) is 0 Å². The fraction of sp³-hybridized carbons (Fsp3) is 0. The van der Waals surface area contributed by atoms with E-state index in [0.29, 0.717) is 6.08 Å². The second kappa shape index (κ2) is 3.92. The van der Waals surface area contributed by atoms with Gasteiger partial charge >= 0.3 is 0 Å². The summed E-state index contributed by atoms with van der Waals surface area (Å²) in [6.07, 6.45) is 0.584. The highest BCUT2D eigenvalue weighted by atomic mass is 16.3. The average molecular weight is 248 g/mol. The minimum absolute atomic E-state index is 0.231. The lowest BCUT2D eigenvalue weighted by Crippen LogP contribution is -2.18. The van der Waals surface area contributed by atoms with Crippen molar-refractivity contribution < 1.29 is 30.0 Å². The highest BCUT2D eigenvalue weighted by molar-refractivity contribution is 6.36. The first-order valence-electron chi connectivity index (χ1n) is 4.87. The van der Waals surface area contributed by atoms with Crippen LogP contribution < -0.4 is 0 Å². The molecule has 0 heterocycles. The summed E-state index contributed by atoms with van der Waals surface area (Å²) >= 11 is 0. The zero-order valence-electron chi connectivity index (χ0n) is 8.91. The van der Waals surface area contributed by atoms with Crippen molar-refractivity contribution in [2.45, 2.75) is 0 Å². The maximum absolute atomic E-state index is 11.7. The Morgan fingerprint density at radius 3 is 2.28 bits per heavy atom. The summed E-state index contributed by atoms with van der Waals surface area (Å²) in [6, 6.07) is 3.27. The summed E-state index contributed by atoms with van der Waals surface area (Å²) in [5.74, 6) is -4.37. The van der Waals surface area contributed by atoms with Crippen molar-refractivity contribution in [2.75, 3.05) is 0 Å². The summed E-state index contributed by atoms with van der Waals surface area (Å²) < 4.78 is 0. The third-order valence-corrected chi connectivity index (χ3v) is 2.45. The van der Waals surface area contributed by atoms with E-state index in [1.165, 1.54) is 6.07 Å². The Morgan fingerprint density at radius 1 is 0.944 bits per heavy atom. The van der Waals surface area contributed by atoms with Crippen molar-refractivity contribution in [1.29, 1.82) is 0 Å². The van der Waals surface area contributed by atoms with Crippen molar-refractivity contribution in [3.8, 4) is 11.5 Å². The maximum atomic E-state index is 11.7. The number of allylic oxidation sites excluding steroid dienone is 2. The number of Topliss-reactive ketones (excluding diaryl/α,β-unsaturated/α-hetero) is 1. The Labute approximate surface area is 101 Å². The first-order valence-corrected chi connectivity index (χ1v) is 4.87. The lowest BCUT2D eigenvalue weighted by atomic mass is 9.93. The molecule has 0 atom stereocenters. The molecule has 0 saturated heterocycles. The van der Waals surface area contributed by atoms with Gasteiger partial charge in [-0.15, -0.1) is 0 Å². The molecular weight excluding hydrogens is 240 g/mol. The molecule has 6 nitrogen and oxygen atoms in total. The van der Waals surface area contributed by atoms with Crippen LogP contribution in [0.15, 0.2) is 35.8 Å². The molecule has 0 aliphatic heterocycles. The zero-order valence-corrected chi connectivity index (χ0v) is 8.91. The fourth-order valence-corrected chi connectivity index (χ4v) is 1.59. The van der Waals surface area contributed by atoms with Gasteiger partial charge in [-0.2, -0.15) is 0 Å². The average Bonchev–Trinajstić information content (AvgIpc) is 2.31. The minimum atomic E-state index is -1.01. The lowest BCUT2D eigenvalue weighted by molar-refractivity contribution is -0.117. The van der Waals surface area contributed by atoms with Gasteiger partial charge in [-0.05, 0) is 18.2 Å². The molecule has 1 aromatic carbocycles. The van der Waals surface area contributed by atoms with Crippen molar-refractivity contribution in [1.82, 2.24) is 0 Å². The number of carbonyl (C=O) groups excluding carboxylic acids is 2. The Hall–Kier alpha value is -2.76. The van der Waals surface area contributed by atoms with Gasteiger partial charge in [0.05, 0.1) is 5.57 Å². The van der Waals surface area contributed by atoms with Gasteiger partial charge < -0.3 is 20.4 Å². The fourth-order valence-electron chi connectivity index (χ4n) is 1.59. The van der Waals surface area contributed by atoms with Crippen LogP contribution in [0.5, 0.6) is 11.5 Å². The maximum Gasteiger partial charge on any atom is 0.232 e. The first kappa shape index (κ1) is 11.7. The van der Waals surface area contributed by atoms with E-state index in [1.54, 1.807) is 0 Å². The highest BCUT2D eigenvalue weighted by Crippen LogP contribution is 2.33. The summed E-state index contributed by atoms with van der Waals surface area (Å²) in [5.41, 5.74) is -0.779. The Morgan fingerprint density at radius 2 is 1.61 bits per heavy atom. The third-order valence-electron chi connectivity index (χ3n) is 2.45. The largest absolute Gasteiger partial charge is 0.508 e. The molecule has 6 heteroatoms. The molecule has 0 bridgehead atoms. The van der Waals surface area contributed by atoms with Crippen LogP contribution in [-0.2, 0) is 9.59 Å². The molecule has 1 aromatic rings. The van der Waals surface area contributed by atoms with Gasteiger partial charge in [0, 0.05) is 11.6 Å². The number of phenols is 2. The van der Waals surface area contributed by atoms with Crippen LogP contribution in [0.25, 0.3) is 5.57 Å².